The molecule has 1 heterocycles. The number of rotatable bonds is 2. The van der Waals surface area contributed by atoms with Crippen molar-refractivity contribution >= 4 is 50.1 Å². The fraction of sp³-hybridized carbons (Fsp3) is 0.167. The molecule has 100 valence electrons. The fourth-order valence-corrected chi connectivity index (χ4v) is 2.83. The maximum Gasteiger partial charge on any atom is 0.173 e. The van der Waals surface area contributed by atoms with Gasteiger partial charge in [-0.3, -0.25) is 0 Å². The number of benzene rings is 1. The van der Waals surface area contributed by atoms with E-state index in [0.29, 0.717) is 17.1 Å². The summed E-state index contributed by atoms with van der Waals surface area (Å²) in [7, 11) is 0. The smallest absolute Gasteiger partial charge is 0.173 e. The van der Waals surface area contributed by atoms with Gasteiger partial charge in [0.05, 0.1) is 13.7 Å². The van der Waals surface area contributed by atoms with Crippen LogP contribution >= 0.6 is 50.1 Å². The molecule has 2 nitrogen and oxygen atoms in total. The zero-order chi connectivity index (χ0) is 14.2. The third-order valence-corrected chi connectivity index (χ3v) is 4.99. The van der Waals surface area contributed by atoms with Gasteiger partial charge in [0.2, 0.25) is 0 Å². The molecule has 0 unspecified atom stereocenters. The molecule has 19 heavy (non-hydrogen) atoms. The average molecular weight is 459 g/mol. The number of hydrogen-bond acceptors (Lipinski definition) is 2. The normalized spacial score (nSPS) is 10.8. The summed E-state index contributed by atoms with van der Waals surface area (Å²) in [5.74, 6) is -1.62. The van der Waals surface area contributed by atoms with Crippen LogP contribution in [0.25, 0.3) is 11.4 Å². The molecule has 2 rings (SSSR count). The lowest BCUT2D eigenvalue weighted by molar-refractivity contribution is 0.504. The first kappa shape index (κ1) is 15.1. The van der Waals surface area contributed by atoms with Gasteiger partial charge < -0.3 is 0 Å². The summed E-state index contributed by atoms with van der Waals surface area (Å²) in [6.45, 7) is 1.94. The van der Waals surface area contributed by atoms with Gasteiger partial charge in [0.1, 0.15) is 5.15 Å². The molecule has 0 fully saturated rings. The molecule has 0 bridgehead atoms. The van der Waals surface area contributed by atoms with Gasteiger partial charge in [0.25, 0.3) is 0 Å². The topological polar surface area (TPSA) is 25.8 Å². The first-order valence-electron chi connectivity index (χ1n) is 5.31. The Bertz CT molecular complexity index is 652. The molecule has 0 spiro atoms. The molecule has 0 aliphatic rings. The van der Waals surface area contributed by atoms with Crippen LogP contribution in [0.3, 0.4) is 0 Å². The predicted molar refractivity (Wildman–Crippen MR) is 82.2 cm³/mol. The second-order valence-electron chi connectivity index (χ2n) is 3.68. The van der Waals surface area contributed by atoms with E-state index in [0.717, 1.165) is 15.3 Å². The average Bonchev–Trinajstić information content (AvgIpc) is 2.39. The van der Waals surface area contributed by atoms with E-state index in [2.05, 4.69) is 48.5 Å². The van der Waals surface area contributed by atoms with Crippen LogP contribution in [-0.4, -0.2) is 9.97 Å². The monoisotopic (exact) mass is 458 g/mol. The van der Waals surface area contributed by atoms with Crippen LogP contribution in [0.15, 0.2) is 16.6 Å². The second kappa shape index (κ2) is 5.97. The highest BCUT2D eigenvalue weighted by atomic mass is 127. The summed E-state index contributed by atoms with van der Waals surface area (Å²) < 4.78 is 27.4. The molecule has 1 aromatic heterocycles. The number of aryl methyl sites for hydroxylation is 1. The highest BCUT2D eigenvalue weighted by Gasteiger charge is 2.17. The Morgan fingerprint density at radius 3 is 2.63 bits per heavy atom. The van der Waals surface area contributed by atoms with Crippen molar-refractivity contribution in [3.8, 4) is 11.4 Å². The quantitative estimate of drug-likeness (QED) is 0.359. The van der Waals surface area contributed by atoms with Gasteiger partial charge in [0.15, 0.2) is 17.5 Å². The number of nitrogens with zero attached hydrogens (tertiary/aromatic N) is 2. The van der Waals surface area contributed by atoms with Gasteiger partial charge in [-0.1, -0.05) is 18.5 Å². The molecule has 0 amide bonds. The Balaban J connectivity index is 2.66. The summed E-state index contributed by atoms with van der Waals surface area (Å²) in [5, 5.41) is 0.305. The third kappa shape index (κ3) is 2.90. The minimum atomic E-state index is -0.964. The Kier molecular flexibility index (Phi) is 4.73. The molecule has 0 saturated heterocycles. The predicted octanol–water partition coefficient (Wildman–Crippen LogP) is 5.00. The van der Waals surface area contributed by atoms with Crippen LogP contribution in [0, 0.1) is 15.2 Å². The number of aromatic nitrogens is 2. The molecule has 7 heteroatoms. The molecule has 2 aromatic rings. The highest BCUT2D eigenvalue weighted by Crippen LogP contribution is 2.31. The van der Waals surface area contributed by atoms with Crippen molar-refractivity contribution in [1.82, 2.24) is 9.97 Å². The Hall–Kier alpha value is -0.340. The van der Waals surface area contributed by atoms with Gasteiger partial charge >= 0.3 is 0 Å². The molecule has 1 aromatic carbocycles. The van der Waals surface area contributed by atoms with Crippen LogP contribution in [-0.2, 0) is 6.42 Å². The van der Waals surface area contributed by atoms with Crippen molar-refractivity contribution in [1.29, 1.82) is 0 Å². The van der Waals surface area contributed by atoms with E-state index < -0.39 is 11.6 Å². The van der Waals surface area contributed by atoms with Gasteiger partial charge in [-0.2, -0.15) is 0 Å². The lowest BCUT2D eigenvalue weighted by Crippen LogP contribution is -2.01. The Morgan fingerprint density at radius 2 is 2.00 bits per heavy atom. The van der Waals surface area contributed by atoms with E-state index >= 15 is 0 Å². The van der Waals surface area contributed by atoms with Crippen LogP contribution in [0.1, 0.15) is 12.6 Å². The first-order valence-corrected chi connectivity index (χ1v) is 7.56. The second-order valence-corrected chi connectivity index (χ2v) is 5.90. The van der Waals surface area contributed by atoms with Crippen LogP contribution < -0.4 is 0 Å². The number of halogens is 5. The molecule has 0 atom stereocenters. The molecule has 0 saturated carbocycles. The number of hydrogen-bond donors (Lipinski definition) is 0. The summed E-state index contributed by atoms with van der Waals surface area (Å²) in [4.78, 5) is 8.44. The summed E-state index contributed by atoms with van der Waals surface area (Å²) >= 11 is 11.1. The van der Waals surface area contributed by atoms with Gasteiger partial charge in [-0.05, 0) is 57.1 Å². The molecule has 0 radical (unpaired) electrons. The molecule has 0 aliphatic carbocycles. The van der Waals surface area contributed by atoms with Crippen molar-refractivity contribution < 1.29 is 8.78 Å². The van der Waals surface area contributed by atoms with Gasteiger partial charge in [0, 0.05) is 5.56 Å². The van der Waals surface area contributed by atoms with E-state index in [1.807, 2.05) is 6.92 Å². The molecular formula is C12H7BrClF2IN2. The fourth-order valence-electron chi connectivity index (χ4n) is 1.52. The summed E-state index contributed by atoms with van der Waals surface area (Å²) in [6.07, 6.45) is 0.675. The van der Waals surface area contributed by atoms with E-state index in [9.17, 15) is 8.78 Å². The van der Waals surface area contributed by atoms with E-state index in [1.165, 1.54) is 6.07 Å². The lowest BCUT2D eigenvalue weighted by atomic mass is 10.2. The molecule has 0 aliphatic heterocycles. The van der Waals surface area contributed by atoms with Crippen molar-refractivity contribution in [3.63, 3.8) is 0 Å². The minimum Gasteiger partial charge on any atom is -0.232 e. The van der Waals surface area contributed by atoms with Crippen LogP contribution in [0.2, 0.25) is 5.15 Å². The van der Waals surface area contributed by atoms with Crippen molar-refractivity contribution in [2.24, 2.45) is 0 Å². The summed E-state index contributed by atoms with van der Waals surface area (Å²) in [6, 6.07) is 2.46. The first-order chi connectivity index (χ1) is 8.95. The van der Waals surface area contributed by atoms with Crippen molar-refractivity contribution in [2.45, 2.75) is 13.3 Å². The maximum absolute atomic E-state index is 13.5. The third-order valence-electron chi connectivity index (χ3n) is 2.49. The van der Waals surface area contributed by atoms with Gasteiger partial charge in [-0.15, -0.1) is 0 Å². The largest absolute Gasteiger partial charge is 0.232 e. The Morgan fingerprint density at radius 1 is 1.32 bits per heavy atom. The van der Waals surface area contributed by atoms with Crippen molar-refractivity contribution in [3.05, 3.63) is 42.7 Å². The van der Waals surface area contributed by atoms with Crippen LogP contribution in [0.4, 0.5) is 8.78 Å². The van der Waals surface area contributed by atoms with Crippen LogP contribution in [0.5, 0.6) is 0 Å². The minimum absolute atomic E-state index is 0.00757. The van der Waals surface area contributed by atoms with E-state index in [-0.39, 0.29) is 10.3 Å². The van der Waals surface area contributed by atoms with Gasteiger partial charge in [-0.25, -0.2) is 18.7 Å². The van der Waals surface area contributed by atoms with E-state index in [1.54, 1.807) is 0 Å². The SMILES string of the molecule is CCc1nc(-c2ccc(F)c(F)c2Br)nc(Cl)c1I. The summed E-state index contributed by atoms with van der Waals surface area (Å²) in [5.41, 5.74) is 1.14. The lowest BCUT2D eigenvalue weighted by Gasteiger charge is -2.09. The molecular weight excluding hydrogens is 452 g/mol. The van der Waals surface area contributed by atoms with E-state index in [4.69, 9.17) is 11.6 Å². The zero-order valence-electron chi connectivity index (χ0n) is 9.65. The Labute approximate surface area is 135 Å². The maximum atomic E-state index is 13.5. The highest BCUT2D eigenvalue weighted by molar-refractivity contribution is 14.1. The zero-order valence-corrected chi connectivity index (χ0v) is 14.1. The standard InChI is InChI=1S/C12H7BrClF2IN2/c1-2-7-10(17)11(14)19-12(18-7)5-3-4-6(15)9(16)8(5)13/h3-4H,2H2,1H3. The molecule has 0 N–H and O–H groups in total. The van der Waals surface area contributed by atoms with Crippen molar-refractivity contribution in [2.75, 3.05) is 0 Å².